The van der Waals surface area contributed by atoms with Crippen molar-refractivity contribution in [2.45, 2.75) is 45.2 Å². The molecule has 0 atom stereocenters. The predicted octanol–water partition coefficient (Wildman–Crippen LogP) is 2.27. The summed E-state index contributed by atoms with van der Waals surface area (Å²) < 4.78 is 8.63. The molecule has 0 fully saturated rings. The molecule has 3 aromatic heterocycles. The molecule has 4 aromatic rings. The normalized spacial score (nSPS) is 14.4. The Morgan fingerprint density at radius 1 is 1.11 bits per heavy atom. The number of oxazole rings is 1. The molecule has 0 saturated heterocycles. The van der Waals surface area contributed by atoms with Crippen LogP contribution in [-0.4, -0.2) is 29.8 Å². The summed E-state index contributed by atoms with van der Waals surface area (Å²) in [5.41, 5.74) is 5.68. The van der Waals surface area contributed by atoms with Gasteiger partial charge in [-0.15, -0.1) is 5.10 Å². The van der Waals surface area contributed by atoms with Crippen LogP contribution in [0.5, 0.6) is 0 Å². The van der Waals surface area contributed by atoms with Crippen LogP contribution in [0.3, 0.4) is 0 Å². The molecule has 0 spiro atoms. The van der Waals surface area contributed by atoms with E-state index < -0.39 is 0 Å². The van der Waals surface area contributed by atoms with E-state index in [9.17, 15) is 4.79 Å². The van der Waals surface area contributed by atoms with Crippen LogP contribution >= 0.6 is 0 Å². The van der Waals surface area contributed by atoms with Crippen molar-refractivity contribution in [3.8, 4) is 0 Å². The molecular weight excluding hydrogens is 344 g/mol. The SMILES string of the molecule is O=c1oc2ccccc2n1Cc1cn(Cc2n[nH]c3c2CCCCC3)nn1. The van der Waals surface area contributed by atoms with Crippen LogP contribution in [-0.2, 0) is 25.9 Å². The first-order valence-corrected chi connectivity index (χ1v) is 9.30. The van der Waals surface area contributed by atoms with Crippen molar-refractivity contribution >= 4 is 11.1 Å². The first-order chi connectivity index (χ1) is 13.3. The van der Waals surface area contributed by atoms with Crippen LogP contribution in [0.1, 0.15) is 41.9 Å². The van der Waals surface area contributed by atoms with Gasteiger partial charge in [0.2, 0.25) is 0 Å². The number of fused-ring (bicyclic) bond motifs is 2. The Morgan fingerprint density at radius 3 is 2.96 bits per heavy atom. The number of nitrogens with one attached hydrogen (secondary N) is 1. The molecule has 0 saturated carbocycles. The molecule has 8 nitrogen and oxygen atoms in total. The third-order valence-corrected chi connectivity index (χ3v) is 5.18. The van der Waals surface area contributed by atoms with E-state index in [1.807, 2.05) is 24.4 Å². The van der Waals surface area contributed by atoms with Crippen molar-refractivity contribution in [1.29, 1.82) is 0 Å². The highest BCUT2D eigenvalue weighted by atomic mass is 16.4. The van der Waals surface area contributed by atoms with Crippen molar-refractivity contribution in [1.82, 2.24) is 29.8 Å². The summed E-state index contributed by atoms with van der Waals surface area (Å²) in [5.74, 6) is -0.386. The van der Waals surface area contributed by atoms with Crippen molar-refractivity contribution in [3.63, 3.8) is 0 Å². The molecule has 3 heterocycles. The molecule has 1 aromatic carbocycles. The number of hydrogen-bond acceptors (Lipinski definition) is 5. The number of nitrogens with zero attached hydrogens (tertiary/aromatic N) is 5. The first kappa shape index (κ1) is 16.0. The molecule has 0 aliphatic heterocycles. The van der Waals surface area contributed by atoms with Gasteiger partial charge in [0, 0.05) is 5.69 Å². The molecule has 1 aliphatic carbocycles. The number of aryl methyl sites for hydroxylation is 1. The van der Waals surface area contributed by atoms with Crippen molar-refractivity contribution in [2.75, 3.05) is 0 Å². The zero-order chi connectivity index (χ0) is 18.2. The highest BCUT2D eigenvalue weighted by Gasteiger charge is 2.17. The monoisotopic (exact) mass is 364 g/mol. The summed E-state index contributed by atoms with van der Waals surface area (Å²) in [4.78, 5) is 12.1. The predicted molar refractivity (Wildman–Crippen MR) is 98.5 cm³/mol. The first-order valence-electron chi connectivity index (χ1n) is 9.30. The Bertz CT molecular complexity index is 1150. The van der Waals surface area contributed by atoms with E-state index >= 15 is 0 Å². The standard InChI is InChI=1S/C19H20N6O2/c26-19-25(17-8-4-5-9-18(17)27-19)11-13-10-24(23-20-13)12-16-14-6-2-1-3-7-15(14)21-22-16/h4-5,8-10H,1-3,6-7,11-12H2,(H,21,22). The van der Waals surface area contributed by atoms with Crippen molar-refractivity contribution in [2.24, 2.45) is 0 Å². The van der Waals surface area contributed by atoms with Gasteiger partial charge in [-0.1, -0.05) is 23.8 Å². The topological polar surface area (TPSA) is 94.5 Å². The molecule has 0 bridgehead atoms. The minimum atomic E-state index is -0.386. The molecule has 8 heteroatoms. The van der Waals surface area contributed by atoms with E-state index in [-0.39, 0.29) is 5.76 Å². The summed E-state index contributed by atoms with van der Waals surface area (Å²) in [6.45, 7) is 0.911. The Hall–Kier alpha value is -3.16. The fourth-order valence-corrected chi connectivity index (χ4v) is 3.82. The van der Waals surface area contributed by atoms with E-state index in [2.05, 4.69) is 20.5 Å². The van der Waals surface area contributed by atoms with Crippen LogP contribution in [0, 0.1) is 0 Å². The third-order valence-electron chi connectivity index (χ3n) is 5.18. The maximum atomic E-state index is 12.1. The van der Waals surface area contributed by atoms with Crippen molar-refractivity contribution < 1.29 is 4.42 Å². The Balaban J connectivity index is 1.38. The smallest absolute Gasteiger partial charge is 0.408 e. The number of para-hydroxylation sites is 2. The molecule has 27 heavy (non-hydrogen) atoms. The lowest BCUT2D eigenvalue weighted by Crippen LogP contribution is -2.15. The van der Waals surface area contributed by atoms with E-state index in [4.69, 9.17) is 4.42 Å². The molecule has 138 valence electrons. The fraction of sp³-hybridized carbons (Fsp3) is 0.368. The summed E-state index contributed by atoms with van der Waals surface area (Å²) in [7, 11) is 0. The van der Waals surface area contributed by atoms with Gasteiger partial charge in [0.25, 0.3) is 0 Å². The number of aromatic amines is 1. The lowest BCUT2D eigenvalue weighted by molar-refractivity contribution is 0.516. The lowest BCUT2D eigenvalue weighted by Gasteiger charge is -2.02. The molecule has 5 rings (SSSR count). The summed E-state index contributed by atoms with van der Waals surface area (Å²) >= 11 is 0. The molecule has 0 unspecified atom stereocenters. The molecular formula is C19H20N6O2. The number of aromatic nitrogens is 6. The second-order valence-electron chi connectivity index (χ2n) is 7.02. The molecule has 0 amide bonds. The van der Waals surface area contributed by atoms with Gasteiger partial charge in [0.15, 0.2) is 5.58 Å². The van der Waals surface area contributed by atoms with Gasteiger partial charge < -0.3 is 4.42 Å². The second kappa shape index (κ2) is 6.53. The van der Waals surface area contributed by atoms with Gasteiger partial charge in [0.05, 0.1) is 30.5 Å². The Morgan fingerprint density at radius 2 is 2.00 bits per heavy atom. The maximum absolute atomic E-state index is 12.1. The van der Waals surface area contributed by atoms with Gasteiger partial charge in [-0.2, -0.15) is 5.10 Å². The number of H-pyrrole nitrogens is 1. The average molecular weight is 364 g/mol. The average Bonchev–Trinajstić information content (AvgIpc) is 3.30. The Kier molecular flexibility index (Phi) is 3.88. The fourth-order valence-electron chi connectivity index (χ4n) is 3.82. The molecule has 0 radical (unpaired) electrons. The molecule has 1 aliphatic rings. The minimum Gasteiger partial charge on any atom is -0.408 e. The Labute approximate surface area is 154 Å². The lowest BCUT2D eigenvalue weighted by atomic mass is 10.1. The van der Waals surface area contributed by atoms with Gasteiger partial charge in [0.1, 0.15) is 5.69 Å². The zero-order valence-electron chi connectivity index (χ0n) is 14.9. The van der Waals surface area contributed by atoms with Crippen LogP contribution in [0.2, 0.25) is 0 Å². The van der Waals surface area contributed by atoms with Crippen LogP contribution in [0.4, 0.5) is 0 Å². The van der Waals surface area contributed by atoms with Gasteiger partial charge in [-0.05, 0) is 43.4 Å². The highest BCUT2D eigenvalue weighted by molar-refractivity contribution is 5.72. The van der Waals surface area contributed by atoms with E-state index in [0.29, 0.717) is 24.4 Å². The van der Waals surface area contributed by atoms with E-state index in [0.717, 1.165) is 24.1 Å². The van der Waals surface area contributed by atoms with Crippen molar-refractivity contribution in [3.05, 3.63) is 63.7 Å². The zero-order valence-corrected chi connectivity index (χ0v) is 14.9. The summed E-state index contributed by atoms with van der Waals surface area (Å²) in [6.07, 6.45) is 7.70. The van der Waals surface area contributed by atoms with E-state index in [1.165, 1.54) is 30.5 Å². The van der Waals surface area contributed by atoms with Gasteiger partial charge in [-0.3, -0.25) is 9.67 Å². The van der Waals surface area contributed by atoms with Gasteiger partial charge in [-0.25, -0.2) is 9.48 Å². The van der Waals surface area contributed by atoms with Crippen LogP contribution in [0.15, 0.2) is 39.7 Å². The third kappa shape index (κ3) is 2.97. The van der Waals surface area contributed by atoms with E-state index in [1.54, 1.807) is 15.3 Å². The minimum absolute atomic E-state index is 0.328. The number of hydrogen-bond donors (Lipinski definition) is 1. The van der Waals surface area contributed by atoms with Crippen LogP contribution in [0.25, 0.3) is 11.1 Å². The van der Waals surface area contributed by atoms with Crippen LogP contribution < -0.4 is 5.76 Å². The largest absolute Gasteiger partial charge is 0.420 e. The summed E-state index contributed by atoms with van der Waals surface area (Å²) in [6, 6.07) is 7.38. The highest BCUT2D eigenvalue weighted by Crippen LogP contribution is 2.22. The quantitative estimate of drug-likeness (QED) is 0.561. The summed E-state index contributed by atoms with van der Waals surface area (Å²) in [5, 5.41) is 16.1. The number of rotatable bonds is 4. The molecule has 1 N–H and O–H groups in total. The number of benzene rings is 1. The second-order valence-corrected chi connectivity index (χ2v) is 7.02. The maximum Gasteiger partial charge on any atom is 0.420 e. The van der Waals surface area contributed by atoms with Gasteiger partial charge >= 0.3 is 5.76 Å².